The molecule has 2 atom stereocenters. The zero-order chi connectivity index (χ0) is 23.3. The molecule has 1 aliphatic heterocycles. The van der Waals surface area contributed by atoms with Crippen LogP contribution in [0, 0.1) is 0 Å². The molecule has 0 saturated carbocycles. The molecular weight excluding hydrogens is 436 g/mol. The standard InChI is InChI=1S/C27H33ClN2O3/c1-26(2,3)23-8-4-21(5-9-23)12-13-27(19-30-15-14-29-20-30)32-18-25(33-27)17-31-16-22-6-10-24(28)11-7-22/h4-11,14-15,20,25H,12-13,16-19H2,1-3H3. The average molecular weight is 469 g/mol. The van der Waals surface area contributed by atoms with Gasteiger partial charge in [0.2, 0.25) is 0 Å². The first kappa shape index (κ1) is 24.0. The van der Waals surface area contributed by atoms with Crippen LogP contribution in [0.15, 0.2) is 67.3 Å². The fourth-order valence-electron chi connectivity index (χ4n) is 4.05. The highest BCUT2D eigenvalue weighted by Crippen LogP contribution is 2.31. The lowest BCUT2D eigenvalue weighted by Crippen LogP contribution is -2.37. The van der Waals surface area contributed by atoms with Crippen molar-refractivity contribution in [3.63, 3.8) is 0 Å². The summed E-state index contributed by atoms with van der Waals surface area (Å²) in [7, 11) is 0. The van der Waals surface area contributed by atoms with Gasteiger partial charge in [-0.3, -0.25) is 0 Å². The van der Waals surface area contributed by atoms with Crippen LogP contribution in [-0.4, -0.2) is 34.7 Å². The van der Waals surface area contributed by atoms with Crippen LogP contribution in [-0.2, 0) is 39.2 Å². The Bertz CT molecular complexity index is 997. The quantitative estimate of drug-likeness (QED) is 0.398. The van der Waals surface area contributed by atoms with Crippen molar-refractivity contribution >= 4 is 11.6 Å². The second kappa shape index (κ2) is 10.4. The van der Waals surface area contributed by atoms with E-state index in [-0.39, 0.29) is 11.5 Å². The minimum atomic E-state index is -0.697. The van der Waals surface area contributed by atoms with Gasteiger partial charge in [0.25, 0.3) is 0 Å². The molecule has 0 amide bonds. The molecule has 6 heteroatoms. The highest BCUT2D eigenvalue weighted by atomic mass is 35.5. The molecule has 0 radical (unpaired) electrons. The van der Waals surface area contributed by atoms with Gasteiger partial charge in [-0.1, -0.05) is 68.8 Å². The van der Waals surface area contributed by atoms with Crippen molar-refractivity contribution < 1.29 is 14.2 Å². The van der Waals surface area contributed by atoms with E-state index in [0.717, 1.165) is 23.4 Å². The molecule has 2 unspecified atom stereocenters. The number of ether oxygens (including phenoxy) is 3. The van der Waals surface area contributed by atoms with Crippen molar-refractivity contribution in [2.75, 3.05) is 13.2 Å². The Morgan fingerprint density at radius 3 is 2.48 bits per heavy atom. The summed E-state index contributed by atoms with van der Waals surface area (Å²) in [5, 5.41) is 0.726. The van der Waals surface area contributed by atoms with Crippen molar-refractivity contribution in [3.05, 3.63) is 89.0 Å². The maximum atomic E-state index is 6.46. The van der Waals surface area contributed by atoms with Crippen molar-refractivity contribution in [1.82, 2.24) is 9.55 Å². The summed E-state index contributed by atoms with van der Waals surface area (Å²) in [5.41, 5.74) is 3.85. The van der Waals surface area contributed by atoms with Crippen molar-refractivity contribution in [3.8, 4) is 0 Å². The average Bonchev–Trinajstić information content (AvgIpc) is 3.44. The summed E-state index contributed by atoms with van der Waals surface area (Å²) in [4.78, 5) is 4.17. The number of halogens is 1. The fraction of sp³-hybridized carbons (Fsp3) is 0.444. The minimum Gasteiger partial charge on any atom is -0.374 e. The van der Waals surface area contributed by atoms with E-state index in [1.54, 1.807) is 12.5 Å². The largest absolute Gasteiger partial charge is 0.374 e. The fourth-order valence-corrected chi connectivity index (χ4v) is 4.17. The third-order valence-electron chi connectivity index (χ3n) is 6.00. The molecule has 4 rings (SSSR count). The first-order valence-corrected chi connectivity index (χ1v) is 11.9. The van der Waals surface area contributed by atoms with Gasteiger partial charge < -0.3 is 18.8 Å². The van der Waals surface area contributed by atoms with Crippen molar-refractivity contribution in [2.24, 2.45) is 0 Å². The van der Waals surface area contributed by atoms with E-state index in [0.29, 0.717) is 26.4 Å². The maximum Gasteiger partial charge on any atom is 0.187 e. The van der Waals surface area contributed by atoms with Gasteiger partial charge in [0.05, 0.1) is 32.7 Å². The van der Waals surface area contributed by atoms with Crippen LogP contribution in [0.3, 0.4) is 0 Å². The Labute approximate surface area is 201 Å². The molecule has 2 heterocycles. The Morgan fingerprint density at radius 1 is 1.09 bits per heavy atom. The molecule has 1 fully saturated rings. The van der Waals surface area contributed by atoms with E-state index in [4.69, 9.17) is 25.8 Å². The first-order valence-electron chi connectivity index (χ1n) is 11.5. The van der Waals surface area contributed by atoms with Crippen LogP contribution >= 0.6 is 11.6 Å². The summed E-state index contributed by atoms with van der Waals surface area (Å²) >= 11 is 5.96. The van der Waals surface area contributed by atoms with Crippen molar-refractivity contribution in [2.45, 2.75) is 64.1 Å². The Morgan fingerprint density at radius 2 is 1.82 bits per heavy atom. The highest BCUT2D eigenvalue weighted by Gasteiger charge is 2.41. The molecule has 1 aliphatic rings. The van der Waals surface area contributed by atoms with Crippen LogP contribution in [0.2, 0.25) is 5.02 Å². The van der Waals surface area contributed by atoms with Gasteiger partial charge in [0, 0.05) is 23.8 Å². The van der Waals surface area contributed by atoms with E-state index >= 15 is 0 Å². The summed E-state index contributed by atoms with van der Waals surface area (Å²) < 4.78 is 20.7. The number of hydrogen-bond donors (Lipinski definition) is 0. The normalized spacial score (nSPS) is 20.9. The number of hydrogen-bond acceptors (Lipinski definition) is 4. The molecule has 0 aliphatic carbocycles. The Kier molecular flexibility index (Phi) is 7.55. The highest BCUT2D eigenvalue weighted by molar-refractivity contribution is 6.30. The predicted molar refractivity (Wildman–Crippen MR) is 130 cm³/mol. The van der Waals surface area contributed by atoms with E-state index in [1.807, 2.05) is 35.0 Å². The van der Waals surface area contributed by atoms with Crippen LogP contribution < -0.4 is 0 Å². The lowest BCUT2D eigenvalue weighted by molar-refractivity contribution is -0.187. The van der Waals surface area contributed by atoms with Gasteiger partial charge in [-0.05, 0) is 40.7 Å². The number of rotatable bonds is 9. The molecule has 1 saturated heterocycles. The van der Waals surface area contributed by atoms with Gasteiger partial charge >= 0.3 is 0 Å². The summed E-state index contributed by atoms with van der Waals surface area (Å²) in [6, 6.07) is 16.6. The van der Waals surface area contributed by atoms with E-state index in [1.165, 1.54) is 11.1 Å². The van der Waals surface area contributed by atoms with Crippen LogP contribution in [0.1, 0.15) is 43.9 Å². The maximum absolute atomic E-state index is 6.46. The zero-order valence-corrected chi connectivity index (χ0v) is 20.4. The SMILES string of the molecule is CC(C)(C)c1ccc(CCC2(Cn3ccnc3)OCC(COCc3ccc(Cl)cc3)O2)cc1. The molecule has 176 valence electrons. The first-order chi connectivity index (χ1) is 15.8. The van der Waals surface area contributed by atoms with Crippen LogP contribution in [0.4, 0.5) is 0 Å². The zero-order valence-electron chi connectivity index (χ0n) is 19.7. The minimum absolute atomic E-state index is 0.107. The third-order valence-corrected chi connectivity index (χ3v) is 6.25. The molecule has 33 heavy (non-hydrogen) atoms. The molecule has 1 aromatic heterocycles. The number of aromatic nitrogens is 2. The summed E-state index contributed by atoms with van der Waals surface area (Å²) in [6.07, 6.45) is 7.05. The molecule has 3 aromatic rings. The molecule has 0 spiro atoms. The number of imidazole rings is 1. The molecule has 5 nitrogen and oxygen atoms in total. The Hall–Kier alpha value is -2.18. The predicted octanol–water partition coefficient (Wildman–Crippen LogP) is 5.80. The lowest BCUT2D eigenvalue weighted by atomic mass is 9.86. The van der Waals surface area contributed by atoms with Crippen molar-refractivity contribution in [1.29, 1.82) is 0 Å². The van der Waals surface area contributed by atoms with E-state index in [2.05, 4.69) is 50.0 Å². The summed E-state index contributed by atoms with van der Waals surface area (Å²) in [6.45, 7) is 8.81. The smallest absolute Gasteiger partial charge is 0.187 e. The monoisotopic (exact) mass is 468 g/mol. The lowest BCUT2D eigenvalue weighted by Gasteiger charge is -2.29. The molecular formula is C27H33ClN2O3. The second-order valence-electron chi connectivity index (χ2n) is 9.79. The molecule has 2 aromatic carbocycles. The number of aryl methyl sites for hydroxylation is 1. The van der Waals surface area contributed by atoms with E-state index < -0.39 is 5.79 Å². The molecule has 0 bridgehead atoms. The molecule has 0 N–H and O–H groups in total. The van der Waals surface area contributed by atoms with Gasteiger partial charge in [-0.25, -0.2) is 4.98 Å². The summed E-state index contributed by atoms with van der Waals surface area (Å²) in [5.74, 6) is -0.697. The number of benzene rings is 2. The van der Waals surface area contributed by atoms with Gasteiger partial charge in [0.15, 0.2) is 5.79 Å². The van der Waals surface area contributed by atoms with Crippen LogP contribution in [0.25, 0.3) is 0 Å². The van der Waals surface area contributed by atoms with Gasteiger partial charge in [-0.15, -0.1) is 0 Å². The third kappa shape index (κ3) is 6.67. The number of nitrogens with zero attached hydrogens (tertiary/aromatic N) is 2. The topological polar surface area (TPSA) is 45.5 Å². The second-order valence-corrected chi connectivity index (χ2v) is 10.2. The van der Waals surface area contributed by atoms with Crippen LogP contribution in [0.5, 0.6) is 0 Å². The van der Waals surface area contributed by atoms with Gasteiger partial charge in [-0.2, -0.15) is 0 Å². The Balaban J connectivity index is 1.36. The van der Waals surface area contributed by atoms with E-state index in [9.17, 15) is 0 Å². The van der Waals surface area contributed by atoms with Gasteiger partial charge in [0.1, 0.15) is 6.10 Å².